The van der Waals surface area contributed by atoms with Crippen molar-refractivity contribution in [2.45, 2.75) is 5.16 Å². The van der Waals surface area contributed by atoms with Gasteiger partial charge in [0.1, 0.15) is 11.4 Å². The van der Waals surface area contributed by atoms with Crippen molar-refractivity contribution >= 4 is 29.0 Å². The van der Waals surface area contributed by atoms with Crippen LogP contribution in [0.1, 0.15) is 0 Å². The number of rotatable bonds is 6. The zero-order chi connectivity index (χ0) is 18.5. The van der Waals surface area contributed by atoms with E-state index in [-0.39, 0.29) is 22.9 Å². The Kier molecular flexibility index (Phi) is 5.08. The van der Waals surface area contributed by atoms with E-state index in [2.05, 4.69) is 20.8 Å². The summed E-state index contributed by atoms with van der Waals surface area (Å²) in [4.78, 5) is 22.5. The van der Waals surface area contributed by atoms with Crippen LogP contribution in [0.4, 0.5) is 11.4 Å². The summed E-state index contributed by atoms with van der Waals surface area (Å²) in [6.07, 6.45) is 0. The molecular weight excluding hydrogens is 360 g/mol. The number of nitrogens with one attached hydrogen (secondary N) is 1. The fraction of sp³-hybridized carbons (Fsp3) is 0.0667. The summed E-state index contributed by atoms with van der Waals surface area (Å²) < 4.78 is 1.42. The van der Waals surface area contributed by atoms with Crippen LogP contribution in [0, 0.1) is 10.1 Å². The molecule has 0 aliphatic heterocycles. The third-order valence-corrected chi connectivity index (χ3v) is 4.16. The molecule has 0 bridgehead atoms. The summed E-state index contributed by atoms with van der Waals surface area (Å²) in [7, 11) is 0. The van der Waals surface area contributed by atoms with E-state index >= 15 is 0 Å². The largest absolute Gasteiger partial charge is 0.508 e. The van der Waals surface area contributed by atoms with Gasteiger partial charge in [-0.1, -0.05) is 23.9 Å². The highest BCUT2D eigenvalue weighted by atomic mass is 32.2. The number of carbonyl (C=O) groups is 1. The Bertz CT molecular complexity index is 943. The third kappa shape index (κ3) is 3.95. The van der Waals surface area contributed by atoms with Gasteiger partial charge < -0.3 is 10.4 Å². The van der Waals surface area contributed by atoms with Crippen molar-refractivity contribution in [2.24, 2.45) is 0 Å². The number of phenols is 1. The van der Waals surface area contributed by atoms with Crippen molar-refractivity contribution in [1.82, 2.24) is 20.2 Å². The molecule has 0 saturated heterocycles. The van der Waals surface area contributed by atoms with Gasteiger partial charge in [-0.15, -0.1) is 5.10 Å². The molecule has 10 nitrogen and oxygen atoms in total. The van der Waals surface area contributed by atoms with E-state index in [0.29, 0.717) is 10.8 Å². The van der Waals surface area contributed by atoms with Gasteiger partial charge in [-0.05, 0) is 40.8 Å². The number of aromatic hydroxyl groups is 1. The van der Waals surface area contributed by atoms with Crippen LogP contribution in [-0.4, -0.2) is 41.9 Å². The SMILES string of the molecule is O=C(CSc1nnnn1-c1ccc(O)cc1)Nc1ccccc1[N+](=O)[O-]. The van der Waals surface area contributed by atoms with E-state index in [9.17, 15) is 20.0 Å². The minimum absolute atomic E-state index is 0.0372. The van der Waals surface area contributed by atoms with Crippen LogP contribution in [0.2, 0.25) is 0 Å². The summed E-state index contributed by atoms with van der Waals surface area (Å²) in [6.45, 7) is 0. The maximum Gasteiger partial charge on any atom is 0.292 e. The second-order valence-electron chi connectivity index (χ2n) is 5.00. The summed E-state index contributed by atoms with van der Waals surface area (Å²) in [5.41, 5.74) is 0.565. The Balaban J connectivity index is 1.67. The van der Waals surface area contributed by atoms with Gasteiger partial charge in [-0.2, -0.15) is 4.68 Å². The Labute approximate surface area is 151 Å². The molecule has 0 atom stereocenters. The van der Waals surface area contributed by atoms with E-state index in [4.69, 9.17) is 0 Å². The molecule has 0 aliphatic carbocycles. The van der Waals surface area contributed by atoms with Crippen LogP contribution in [0.5, 0.6) is 5.75 Å². The molecule has 0 spiro atoms. The molecule has 0 unspecified atom stereocenters. The molecule has 2 N–H and O–H groups in total. The molecule has 0 radical (unpaired) electrons. The number of carbonyl (C=O) groups excluding carboxylic acids is 1. The summed E-state index contributed by atoms with van der Waals surface area (Å²) in [5, 5.41) is 34.5. The van der Waals surface area contributed by atoms with Crippen molar-refractivity contribution in [2.75, 3.05) is 11.1 Å². The predicted molar refractivity (Wildman–Crippen MR) is 93.3 cm³/mol. The topological polar surface area (TPSA) is 136 Å². The molecule has 26 heavy (non-hydrogen) atoms. The quantitative estimate of drug-likeness (QED) is 0.381. The van der Waals surface area contributed by atoms with Crippen LogP contribution >= 0.6 is 11.8 Å². The number of thioether (sulfide) groups is 1. The number of amides is 1. The van der Waals surface area contributed by atoms with Crippen molar-refractivity contribution in [3.8, 4) is 11.4 Å². The number of nitro benzene ring substituents is 1. The van der Waals surface area contributed by atoms with Gasteiger partial charge in [0.15, 0.2) is 0 Å². The summed E-state index contributed by atoms with van der Waals surface area (Å²) in [6, 6.07) is 12.1. The lowest BCUT2D eigenvalue weighted by atomic mass is 10.2. The lowest BCUT2D eigenvalue weighted by Gasteiger charge is -2.06. The molecule has 2 aromatic carbocycles. The highest BCUT2D eigenvalue weighted by molar-refractivity contribution is 7.99. The van der Waals surface area contributed by atoms with Crippen LogP contribution in [0.15, 0.2) is 53.7 Å². The maximum absolute atomic E-state index is 12.1. The normalized spacial score (nSPS) is 10.5. The van der Waals surface area contributed by atoms with Crippen LogP contribution < -0.4 is 5.32 Å². The number of tetrazole rings is 1. The molecule has 1 amide bonds. The van der Waals surface area contributed by atoms with Crippen molar-refractivity contribution in [1.29, 1.82) is 0 Å². The van der Waals surface area contributed by atoms with E-state index in [0.717, 1.165) is 11.8 Å². The highest BCUT2D eigenvalue weighted by Gasteiger charge is 2.16. The molecule has 132 valence electrons. The number of hydrogen-bond donors (Lipinski definition) is 2. The van der Waals surface area contributed by atoms with Crippen molar-refractivity contribution < 1.29 is 14.8 Å². The third-order valence-electron chi connectivity index (χ3n) is 3.24. The minimum atomic E-state index is -0.561. The molecule has 0 saturated carbocycles. The number of para-hydroxylation sites is 2. The molecule has 0 aliphatic rings. The number of anilines is 1. The Morgan fingerprint density at radius 2 is 1.96 bits per heavy atom. The van der Waals surface area contributed by atoms with Crippen LogP contribution in [-0.2, 0) is 4.79 Å². The number of hydrogen-bond acceptors (Lipinski definition) is 8. The minimum Gasteiger partial charge on any atom is -0.508 e. The number of nitrogens with zero attached hydrogens (tertiary/aromatic N) is 5. The number of benzene rings is 2. The van der Waals surface area contributed by atoms with Gasteiger partial charge in [0.25, 0.3) is 5.69 Å². The van der Waals surface area contributed by atoms with Gasteiger partial charge in [-0.3, -0.25) is 14.9 Å². The average Bonchev–Trinajstić information content (AvgIpc) is 3.09. The van der Waals surface area contributed by atoms with E-state index in [1.54, 1.807) is 18.2 Å². The molecule has 3 aromatic rings. The van der Waals surface area contributed by atoms with Gasteiger partial charge in [0.05, 0.1) is 16.4 Å². The summed E-state index contributed by atoms with van der Waals surface area (Å²) >= 11 is 1.08. The lowest BCUT2D eigenvalue weighted by molar-refractivity contribution is -0.383. The lowest BCUT2D eigenvalue weighted by Crippen LogP contribution is -2.15. The number of aromatic nitrogens is 4. The summed E-state index contributed by atoms with van der Waals surface area (Å²) in [5.74, 6) is -0.353. The molecule has 3 rings (SSSR count). The van der Waals surface area contributed by atoms with Crippen molar-refractivity contribution in [3.05, 3.63) is 58.6 Å². The van der Waals surface area contributed by atoms with E-state index in [1.807, 2.05) is 0 Å². The van der Waals surface area contributed by atoms with Crippen molar-refractivity contribution in [3.63, 3.8) is 0 Å². The zero-order valence-corrected chi connectivity index (χ0v) is 14.0. The first-order valence-corrected chi connectivity index (χ1v) is 8.27. The number of nitro groups is 1. The standard InChI is InChI=1S/C15H12N6O4S/c22-11-7-5-10(6-8-11)20-15(17-18-19-20)26-9-14(23)16-12-3-1-2-4-13(12)21(24)25/h1-8,22H,9H2,(H,16,23). The highest BCUT2D eigenvalue weighted by Crippen LogP contribution is 2.24. The Morgan fingerprint density at radius 1 is 1.23 bits per heavy atom. The fourth-order valence-electron chi connectivity index (χ4n) is 2.08. The van der Waals surface area contributed by atoms with Gasteiger partial charge in [-0.25, -0.2) is 0 Å². The van der Waals surface area contributed by atoms with Crippen LogP contribution in [0.25, 0.3) is 5.69 Å². The second kappa shape index (κ2) is 7.61. The maximum atomic E-state index is 12.1. The fourth-order valence-corrected chi connectivity index (χ4v) is 2.77. The monoisotopic (exact) mass is 372 g/mol. The first-order chi connectivity index (χ1) is 12.5. The predicted octanol–water partition coefficient (Wildman–Crippen LogP) is 2.01. The molecular formula is C15H12N6O4S. The average molecular weight is 372 g/mol. The number of phenolic OH excluding ortho intramolecular Hbond substituents is 1. The Hall–Kier alpha value is -3.47. The van der Waals surface area contributed by atoms with E-state index in [1.165, 1.54) is 35.0 Å². The van der Waals surface area contributed by atoms with Gasteiger partial charge >= 0.3 is 0 Å². The molecule has 11 heteroatoms. The molecule has 1 heterocycles. The second-order valence-corrected chi connectivity index (χ2v) is 5.94. The molecule has 0 fully saturated rings. The van der Waals surface area contributed by atoms with E-state index < -0.39 is 10.8 Å². The van der Waals surface area contributed by atoms with Crippen LogP contribution in [0.3, 0.4) is 0 Å². The zero-order valence-electron chi connectivity index (χ0n) is 13.1. The molecule has 1 aromatic heterocycles. The first-order valence-electron chi connectivity index (χ1n) is 7.28. The smallest absolute Gasteiger partial charge is 0.292 e. The Morgan fingerprint density at radius 3 is 2.69 bits per heavy atom. The van der Waals surface area contributed by atoms with Gasteiger partial charge in [0.2, 0.25) is 11.1 Å². The van der Waals surface area contributed by atoms with Gasteiger partial charge in [0, 0.05) is 6.07 Å². The first kappa shape index (κ1) is 17.4.